The number of benzene rings is 2. The summed E-state index contributed by atoms with van der Waals surface area (Å²) in [5, 5.41) is 0. The molecule has 33 heavy (non-hydrogen) atoms. The van der Waals surface area contributed by atoms with Gasteiger partial charge in [-0.05, 0) is 48.7 Å². The normalized spacial score (nSPS) is 10.8. The number of methoxy groups -OCH3 is 1. The van der Waals surface area contributed by atoms with E-state index in [1.165, 1.54) is 0 Å². The largest absolute Gasteiger partial charge is 0.464 e. The third kappa shape index (κ3) is 7.05. The fraction of sp³-hybridized carbons (Fsp3) is 0.333. The smallest absolute Gasteiger partial charge is 0.254 e. The molecule has 3 aromatic rings. The molecule has 1 heterocycles. The van der Waals surface area contributed by atoms with E-state index in [-0.39, 0.29) is 18.4 Å². The summed E-state index contributed by atoms with van der Waals surface area (Å²) in [5.74, 6) is 1.17. The van der Waals surface area contributed by atoms with E-state index in [9.17, 15) is 9.59 Å². The summed E-state index contributed by atoms with van der Waals surface area (Å²) in [6.45, 7) is 5.35. The molecule has 0 aliphatic rings. The maximum Gasteiger partial charge on any atom is 0.254 e. The predicted octanol–water partition coefficient (Wildman–Crippen LogP) is 4.47. The van der Waals surface area contributed by atoms with Crippen molar-refractivity contribution in [2.24, 2.45) is 0 Å². The zero-order valence-electron chi connectivity index (χ0n) is 19.6. The number of carbonyl (C=O) groups is 2. The van der Waals surface area contributed by atoms with Crippen LogP contribution in [0.25, 0.3) is 0 Å². The number of ether oxygens (including phenoxy) is 1. The first-order valence-electron chi connectivity index (χ1n) is 11.2. The highest BCUT2D eigenvalue weighted by Gasteiger charge is 2.23. The second-order valence-electron chi connectivity index (χ2n) is 8.02. The van der Waals surface area contributed by atoms with Crippen LogP contribution in [0.2, 0.25) is 0 Å². The molecule has 0 fully saturated rings. The molecule has 0 atom stereocenters. The molecule has 0 aliphatic carbocycles. The Morgan fingerprint density at radius 2 is 1.61 bits per heavy atom. The van der Waals surface area contributed by atoms with Crippen LogP contribution in [0.3, 0.4) is 0 Å². The minimum Gasteiger partial charge on any atom is -0.464 e. The molecule has 6 nitrogen and oxygen atoms in total. The number of amides is 2. The van der Waals surface area contributed by atoms with Crippen molar-refractivity contribution in [1.29, 1.82) is 0 Å². The molecule has 0 saturated carbocycles. The summed E-state index contributed by atoms with van der Waals surface area (Å²) in [5.41, 5.74) is 2.74. The molecule has 0 radical (unpaired) electrons. The van der Waals surface area contributed by atoms with E-state index in [2.05, 4.69) is 6.92 Å². The summed E-state index contributed by atoms with van der Waals surface area (Å²) >= 11 is 0. The average Bonchev–Trinajstić information content (AvgIpc) is 3.26. The van der Waals surface area contributed by atoms with E-state index in [1.54, 1.807) is 16.9 Å². The second-order valence-corrected chi connectivity index (χ2v) is 8.02. The summed E-state index contributed by atoms with van der Waals surface area (Å²) in [6.07, 6.45) is 0.904. The molecule has 0 aliphatic heterocycles. The molecular weight excluding hydrogens is 416 g/mol. The quantitative estimate of drug-likeness (QED) is 0.434. The SMILES string of the molecule is CCc1ccc(C(=O)N(CCOC)CC(=O)N(Cc2ccccc2)Cc2ccc(C)o2)cc1. The minimum absolute atomic E-state index is 0.0375. The lowest BCUT2D eigenvalue weighted by Gasteiger charge is -2.27. The van der Waals surface area contributed by atoms with E-state index < -0.39 is 0 Å². The molecule has 6 heteroatoms. The number of rotatable bonds is 11. The summed E-state index contributed by atoms with van der Waals surface area (Å²) in [4.78, 5) is 29.9. The lowest BCUT2D eigenvalue weighted by molar-refractivity contribution is -0.133. The first-order valence-corrected chi connectivity index (χ1v) is 11.2. The number of hydrogen-bond acceptors (Lipinski definition) is 4. The topological polar surface area (TPSA) is 63.0 Å². The monoisotopic (exact) mass is 448 g/mol. The third-order valence-corrected chi connectivity index (χ3v) is 5.50. The van der Waals surface area contributed by atoms with Gasteiger partial charge in [-0.2, -0.15) is 0 Å². The van der Waals surface area contributed by atoms with Gasteiger partial charge in [-0.15, -0.1) is 0 Å². The molecular formula is C27H32N2O4. The van der Waals surface area contributed by atoms with Crippen molar-refractivity contribution in [3.8, 4) is 0 Å². The maximum absolute atomic E-state index is 13.4. The van der Waals surface area contributed by atoms with Gasteiger partial charge in [-0.3, -0.25) is 9.59 Å². The van der Waals surface area contributed by atoms with Gasteiger partial charge < -0.3 is 19.0 Å². The lowest BCUT2D eigenvalue weighted by Crippen LogP contribution is -2.43. The van der Waals surface area contributed by atoms with Gasteiger partial charge in [-0.25, -0.2) is 0 Å². The molecule has 1 aromatic heterocycles. The number of furan rings is 1. The van der Waals surface area contributed by atoms with Gasteiger partial charge in [0, 0.05) is 25.8 Å². The predicted molar refractivity (Wildman–Crippen MR) is 128 cm³/mol. The van der Waals surface area contributed by atoms with E-state index >= 15 is 0 Å². The highest BCUT2D eigenvalue weighted by molar-refractivity contribution is 5.96. The minimum atomic E-state index is -0.184. The van der Waals surface area contributed by atoms with Gasteiger partial charge in [0.15, 0.2) is 0 Å². The van der Waals surface area contributed by atoms with Crippen molar-refractivity contribution >= 4 is 11.8 Å². The highest BCUT2D eigenvalue weighted by atomic mass is 16.5. The Morgan fingerprint density at radius 1 is 0.879 bits per heavy atom. The molecule has 0 saturated heterocycles. The molecule has 174 valence electrons. The second kappa shape index (κ2) is 12.0. The van der Waals surface area contributed by atoms with Crippen molar-refractivity contribution in [2.75, 3.05) is 26.8 Å². The standard InChI is InChI=1S/C27H32N2O4/c1-4-22-11-13-24(14-12-22)27(31)28(16-17-32-3)20-26(30)29(18-23-8-6-5-7-9-23)19-25-15-10-21(2)33-25/h5-15H,4,16-20H2,1-3H3. The molecule has 2 aromatic carbocycles. The van der Waals surface area contributed by atoms with E-state index in [4.69, 9.17) is 9.15 Å². The van der Waals surface area contributed by atoms with Crippen LogP contribution < -0.4 is 0 Å². The maximum atomic E-state index is 13.4. The Kier molecular flexibility index (Phi) is 8.84. The summed E-state index contributed by atoms with van der Waals surface area (Å²) in [7, 11) is 1.58. The van der Waals surface area contributed by atoms with Crippen LogP contribution in [0.4, 0.5) is 0 Å². The van der Waals surface area contributed by atoms with Crippen molar-refractivity contribution in [2.45, 2.75) is 33.4 Å². The van der Waals surface area contributed by atoms with E-state index in [0.717, 1.165) is 23.3 Å². The van der Waals surface area contributed by atoms with Gasteiger partial charge in [0.05, 0.1) is 13.2 Å². The van der Waals surface area contributed by atoms with Gasteiger partial charge in [0.25, 0.3) is 5.91 Å². The number of carbonyl (C=O) groups excluding carboxylic acids is 2. The summed E-state index contributed by atoms with van der Waals surface area (Å²) in [6, 6.07) is 21.1. The van der Waals surface area contributed by atoms with Gasteiger partial charge in [-0.1, -0.05) is 49.4 Å². The fourth-order valence-corrected chi connectivity index (χ4v) is 3.58. The summed E-state index contributed by atoms with van der Waals surface area (Å²) < 4.78 is 10.9. The van der Waals surface area contributed by atoms with E-state index in [0.29, 0.717) is 37.6 Å². The van der Waals surface area contributed by atoms with Crippen LogP contribution in [-0.4, -0.2) is 48.4 Å². The zero-order chi connectivity index (χ0) is 23.6. The van der Waals surface area contributed by atoms with Crippen LogP contribution in [0.15, 0.2) is 71.1 Å². The number of nitrogens with zero attached hydrogens (tertiary/aromatic N) is 2. The Hall–Kier alpha value is -3.38. The van der Waals surface area contributed by atoms with Crippen molar-refractivity contribution in [1.82, 2.24) is 9.80 Å². The Balaban J connectivity index is 1.79. The molecule has 3 rings (SSSR count). The fourth-order valence-electron chi connectivity index (χ4n) is 3.58. The molecule has 0 N–H and O–H groups in total. The molecule has 0 unspecified atom stereocenters. The van der Waals surface area contributed by atoms with Crippen molar-refractivity contribution in [3.63, 3.8) is 0 Å². The Bertz CT molecular complexity index is 1030. The first-order chi connectivity index (χ1) is 16.0. The average molecular weight is 449 g/mol. The van der Waals surface area contributed by atoms with Crippen LogP contribution in [0.5, 0.6) is 0 Å². The van der Waals surface area contributed by atoms with Crippen molar-refractivity contribution < 1.29 is 18.7 Å². The van der Waals surface area contributed by atoms with Crippen molar-refractivity contribution in [3.05, 3.63) is 94.9 Å². The Labute approximate surface area is 195 Å². The van der Waals surface area contributed by atoms with Gasteiger partial charge in [0.2, 0.25) is 5.91 Å². The third-order valence-electron chi connectivity index (χ3n) is 5.50. The lowest BCUT2D eigenvalue weighted by atomic mass is 10.1. The van der Waals surface area contributed by atoms with Crippen LogP contribution in [0, 0.1) is 6.92 Å². The highest BCUT2D eigenvalue weighted by Crippen LogP contribution is 2.15. The van der Waals surface area contributed by atoms with Gasteiger partial charge >= 0.3 is 0 Å². The molecule has 2 amide bonds. The number of hydrogen-bond donors (Lipinski definition) is 0. The Morgan fingerprint density at radius 3 is 2.21 bits per heavy atom. The van der Waals surface area contributed by atoms with E-state index in [1.807, 2.05) is 73.7 Å². The van der Waals surface area contributed by atoms with Crippen LogP contribution in [-0.2, 0) is 29.0 Å². The first kappa shape index (κ1) is 24.3. The van der Waals surface area contributed by atoms with Crippen LogP contribution in [0.1, 0.15) is 39.9 Å². The molecule has 0 spiro atoms. The zero-order valence-corrected chi connectivity index (χ0v) is 19.6. The molecule has 0 bridgehead atoms. The van der Waals surface area contributed by atoms with Gasteiger partial charge in [0.1, 0.15) is 18.1 Å². The van der Waals surface area contributed by atoms with Crippen LogP contribution >= 0.6 is 0 Å². The number of aryl methyl sites for hydroxylation is 2.